The molecular weight excluding hydrogens is 374 g/mol. The summed E-state index contributed by atoms with van der Waals surface area (Å²) in [6.45, 7) is 2.79. The molecule has 0 aliphatic rings. The number of nitrogens with zero attached hydrogens (tertiary/aromatic N) is 7. The minimum atomic E-state index is 0.593. The van der Waals surface area contributed by atoms with Gasteiger partial charge in [-0.1, -0.05) is 24.3 Å². The Morgan fingerprint density at radius 1 is 1.00 bits per heavy atom. The van der Waals surface area contributed by atoms with E-state index in [1.165, 1.54) is 11.9 Å². The van der Waals surface area contributed by atoms with Crippen molar-refractivity contribution in [2.75, 3.05) is 14.1 Å². The van der Waals surface area contributed by atoms with Gasteiger partial charge in [0.1, 0.15) is 12.0 Å². The topological polar surface area (TPSA) is 83.5 Å². The summed E-state index contributed by atoms with van der Waals surface area (Å²) in [7, 11) is 4.09. The van der Waals surface area contributed by atoms with Gasteiger partial charge in [-0.2, -0.15) is 5.26 Å². The van der Waals surface area contributed by atoms with Gasteiger partial charge in [-0.3, -0.25) is 0 Å². The van der Waals surface area contributed by atoms with Crippen molar-refractivity contribution in [1.82, 2.24) is 29.6 Å². The van der Waals surface area contributed by atoms with Crippen LogP contribution in [0.5, 0.6) is 0 Å². The lowest BCUT2D eigenvalue weighted by Gasteiger charge is -2.09. The maximum absolute atomic E-state index is 9.09. The van der Waals surface area contributed by atoms with Crippen LogP contribution in [0.1, 0.15) is 16.8 Å². The van der Waals surface area contributed by atoms with Crippen molar-refractivity contribution in [2.45, 2.75) is 13.5 Å². The molecule has 0 saturated heterocycles. The fraction of sp³-hybridized carbons (Fsp3) is 0.174. The van der Waals surface area contributed by atoms with Crippen molar-refractivity contribution in [2.24, 2.45) is 0 Å². The molecule has 0 aliphatic carbocycles. The number of rotatable bonds is 5. The van der Waals surface area contributed by atoms with E-state index >= 15 is 0 Å². The Kier molecular flexibility index (Phi) is 5.33. The van der Waals surface area contributed by atoms with E-state index in [4.69, 9.17) is 15.3 Å². The zero-order valence-electron chi connectivity index (χ0n) is 17.1. The fourth-order valence-electron chi connectivity index (χ4n) is 3.16. The van der Waals surface area contributed by atoms with Crippen LogP contribution in [0.25, 0.3) is 28.6 Å². The van der Waals surface area contributed by atoms with Crippen LogP contribution in [0.2, 0.25) is 0 Å². The number of nitriles is 1. The van der Waals surface area contributed by atoms with Gasteiger partial charge in [-0.25, -0.2) is 19.6 Å². The highest BCUT2D eigenvalue weighted by atomic mass is 15.4. The van der Waals surface area contributed by atoms with E-state index in [-0.39, 0.29) is 0 Å². The molecule has 7 heteroatoms. The van der Waals surface area contributed by atoms with Gasteiger partial charge >= 0.3 is 0 Å². The Morgan fingerprint density at radius 2 is 1.73 bits per heavy atom. The van der Waals surface area contributed by atoms with Gasteiger partial charge < -0.3 is 4.90 Å². The molecule has 0 fully saturated rings. The molecule has 0 N–H and O–H groups in total. The molecular formula is C23H21N7. The van der Waals surface area contributed by atoms with Crippen LogP contribution in [0.15, 0.2) is 60.9 Å². The maximum Gasteiger partial charge on any atom is 0.182 e. The number of hydrogen-bond acceptors (Lipinski definition) is 6. The first-order chi connectivity index (χ1) is 14.5. The highest BCUT2D eigenvalue weighted by Gasteiger charge is 2.16. The lowest BCUT2D eigenvalue weighted by atomic mass is 10.1. The molecule has 4 aromatic rings. The van der Waals surface area contributed by atoms with E-state index in [9.17, 15) is 0 Å². The molecule has 0 aliphatic heterocycles. The third-order valence-electron chi connectivity index (χ3n) is 4.59. The third-order valence-corrected chi connectivity index (χ3v) is 4.59. The number of benzene rings is 2. The summed E-state index contributed by atoms with van der Waals surface area (Å²) in [6.07, 6.45) is 1.53. The second kappa shape index (κ2) is 8.23. The van der Waals surface area contributed by atoms with Crippen LogP contribution in [0.3, 0.4) is 0 Å². The van der Waals surface area contributed by atoms with Gasteiger partial charge in [0.15, 0.2) is 11.6 Å². The highest BCUT2D eigenvalue weighted by molar-refractivity contribution is 5.62. The zero-order valence-corrected chi connectivity index (χ0v) is 17.1. The predicted molar refractivity (Wildman–Crippen MR) is 115 cm³/mol. The molecule has 30 heavy (non-hydrogen) atoms. The molecule has 0 spiro atoms. The third kappa shape index (κ3) is 4.09. The first-order valence-corrected chi connectivity index (χ1v) is 9.54. The standard InChI is InChI=1S/C23H21N7/c1-16-12-21(26-15-25-16)23-27-22(19-8-4-18(5-9-19)14-29(2)3)28-30(23)20-10-6-17(13-24)7-11-20/h4-12,15H,14H2,1-3H3. The smallest absolute Gasteiger partial charge is 0.182 e. The fourth-order valence-corrected chi connectivity index (χ4v) is 3.16. The average molecular weight is 395 g/mol. The van der Waals surface area contributed by atoms with E-state index < -0.39 is 0 Å². The Balaban J connectivity index is 1.80. The minimum Gasteiger partial charge on any atom is -0.305 e. The Hall–Kier alpha value is -3.89. The number of aryl methyl sites for hydroxylation is 1. The second-order valence-electron chi connectivity index (χ2n) is 7.31. The summed E-state index contributed by atoms with van der Waals surface area (Å²) >= 11 is 0. The van der Waals surface area contributed by atoms with Crippen molar-refractivity contribution in [3.05, 3.63) is 77.7 Å². The van der Waals surface area contributed by atoms with Crippen molar-refractivity contribution >= 4 is 0 Å². The van der Waals surface area contributed by atoms with Crippen LogP contribution in [-0.4, -0.2) is 43.7 Å². The van der Waals surface area contributed by atoms with Crippen LogP contribution >= 0.6 is 0 Å². The molecule has 0 atom stereocenters. The summed E-state index contributed by atoms with van der Waals surface area (Å²) in [5.41, 5.74) is 5.09. The molecule has 0 saturated carbocycles. The molecule has 0 bridgehead atoms. The van der Waals surface area contributed by atoms with Gasteiger partial charge in [-0.15, -0.1) is 5.10 Å². The molecule has 0 amide bonds. The molecule has 2 aromatic heterocycles. The first kappa shape index (κ1) is 19.4. The van der Waals surface area contributed by atoms with Crippen molar-refractivity contribution in [3.63, 3.8) is 0 Å². The van der Waals surface area contributed by atoms with Crippen molar-refractivity contribution in [1.29, 1.82) is 5.26 Å². The van der Waals surface area contributed by atoms with Crippen molar-refractivity contribution in [3.8, 4) is 34.7 Å². The largest absolute Gasteiger partial charge is 0.305 e. The Bertz CT molecular complexity index is 1200. The molecule has 7 nitrogen and oxygen atoms in total. The van der Waals surface area contributed by atoms with Gasteiger partial charge in [-0.05, 0) is 56.9 Å². The molecule has 2 heterocycles. The SMILES string of the molecule is Cc1cc(-c2nc(-c3ccc(CN(C)C)cc3)nn2-c2ccc(C#N)cc2)ncn1. The Morgan fingerprint density at radius 3 is 2.37 bits per heavy atom. The summed E-state index contributed by atoms with van der Waals surface area (Å²) < 4.78 is 1.76. The highest BCUT2D eigenvalue weighted by Crippen LogP contribution is 2.25. The second-order valence-corrected chi connectivity index (χ2v) is 7.31. The average Bonchev–Trinajstić information content (AvgIpc) is 3.19. The monoisotopic (exact) mass is 395 g/mol. The Labute approximate surface area is 175 Å². The van der Waals surface area contributed by atoms with E-state index in [1.54, 1.807) is 16.8 Å². The molecule has 0 unspecified atom stereocenters. The maximum atomic E-state index is 9.09. The van der Waals surface area contributed by atoms with Crippen molar-refractivity contribution < 1.29 is 0 Å². The normalized spacial score (nSPS) is 10.9. The van der Waals surface area contributed by atoms with Gasteiger partial charge in [0.25, 0.3) is 0 Å². The molecule has 0 radical (unpaired) electrons. The lowest BCUT2D eigenvalue weighted by Crippen LogP contribution is -2.10. The summed E-state index contributed by atoms with van der Waals surface area (Å²) in [4.78, 5) is 15.5. The number of aromatic nitrogens is 5. The van der Waals surface area contributed by atoms with Gasteiger partial charge in [0.05, 0.1) is 17.3 Å². The first-order valence-electron chi connectivity index (χ1n) is 9.54. The quantitative estimate of drug-likeness (QED) is 0.513. The van der Waals surface area contributed by atoms with Gasteiger partial charge in [0.2, 0.25) is 0 Å². The molecule has 148 valence electrons. The lowest BCUT2D eigenvalue weighted by molar-refractivity contribution is 0.402. The zero-order chi connectivity index (χ0) is 21.1. The summed E-state index contributed by atoms with van der Waals surface area (Å²) in [5, 5.41) is 13.8. The molecule has 4 rings (SSSR count). The van der Waals surface area contributed by atoms with Crippen LogP contribution in [0.4, 0.5) is 0 Å². The van der Waals surface area contributed by atoms with Crippen LogP contribution in [0, 0.1) is 18.3 Å². The minimum absolute atomic E-state index is 0.593. The summed E-state index contributed by atoms with van der Waals surface area (Å²) in [5.74, 6) is 1.24. The predicted octanol–water partition coefficient (Wildman–Crippen LogP) is 3.63. The van der Waals surface area contributed by atoms with Crippen LogP contribution in [-0.2, 0) is 6.54 Å². The van der Waals surface area contributed by atoms with E-state index in [1.807, 2.05) is 51.4 Å². The van der Waals surface area contributed by atoms with E-state index in [0.29, 0.717) is 22.9 Å². The van der Waals surface area contributed by atoms with E-state index in [0.717, 1.165) is 23.5 Å². The summed E-state index contributed by atoms with van der Waals surface area (Å²) in [6, 6.07) is 19.5. The number of hydrogen-bond donors (Lipinski definition) is 0. The van der Waals surface area contributed by atoms with Crippen LogP contribution < -0.4 is 0 Å². The molecule has 2 aromatic carbocycles. The van der Waals surface area contributed by atoms with E-state index in [2.05, 4.69) is 33.1 Å². The van der Waals surface area contributed by atoms with Gasteiger partial charge in [0, 0.05) is 17.8 Å².